The van der Waals surface area contributed by atoms with Crippen LogP contribution in [0, 0.1) is 0 Å². The number of hydrogen-bond acceptors (Lipinski definition) is 6. The van der Waals surface area contributed by atoms with Gasteiger partial charge in [0.2, 0.25) is 5.88 Å². The highest BCUT2D eigenvalue weighted by Gasteiger charge is 2.50. The van der Waals surface area contributed by atoms with E-state index in [1.807, 2.05) is 0 Å². The topological polar surface area (TPSA) is 111 Å². The lowest BCUT2D eigenvalue weighted by atomic mass is 10.1. The van der Waals surface area contributed by atoms with Crippen LogP contribution in [0.25, 0.3) is 5.69 Å². The Morgan fingerprint density at radius 3 is 2.43 bits per heavy atom. The molecule has 0 radical (unpaired) electrons. The molecule has 9 nitrogen and oxygen atoms in total. The van der Waals surface area contributed by atoms with Crippen LogP contribution in [0.1, 0.15) is 11.3 Å². The smallest absolute Gasteiger partial charge is 0.497 e. The van der Waals surface area contributed by atoms with E-state index in [0.717, 1.165) is 9.58 Å². The summed E-state index contributed by atoms with van der Waals surface area (Å²) >= 11 is 0. The lowest BCUT2D eigenvalue weighted by molar-refractivity contribution is -0.0502. The molecule has 152 valence electrons. The zero-order chi connectivity index (χ0) is 20.7. The van der Waals surface area contributed by atoms with Crippen molar-refractivity contribution in [1.82, 2.24) is 14.7 Å². The number of benzene rings is 1. The maximum absolute atomic E-state index is 12.8. The lowest BCUT2D eigenvalue weighted by Gasteiger charge is -2.23. The first-order chi connectivity index (χ1) is 13.0. The fourth-order valence-corrected chi connectivity index (χ4v) is 3.12. The van der Waals surface area contributed by atoms with Gasteiger partial charge in [0.25, 0.3) is 0 Å². The highest BCUT2D eigenvalue weighted by atomic mass is 32.2. The van der Waals surface area contributed by atoms with Crippen molar-refractivity contribution in [2.75, 3.05) is 13.7 Å². The van der Waals surface area contributed by atoms with Gasteiger partial charge in [-0.1, -0.05) is 0 Å². The first-order valence-electron chi connectivity index (χ1n) is 7.77. The van der Waals surface area contributed by atoms with Crippen LogP contribution in [0.3, 0.4) is 0 Å². The molecular weight excluding hydrogens is 407 g/mol. The molecule has 28 heavy (non-hydrogen) atoms. The third-order valence-corrected chi connectivity index (χ3v) is 4.99. The second-order valence-electron chi connectivity index (χ2n) is 5.78. The molecule has 0 fully saturated rings. The van der Waals surface area contributed by atoms with E-state index >= 15 is 0 Å². The number of halogens is 3. The molecule has 0 unspecified atom stereocenters. The SMILES string of the molecule is COc1ccc(-n2nc3c(c2OS(=O)(=O)C(F)(F)F)CN(C(=O)O)CC3)cc1. The van der Waals surface area contributed by atoms with Crippen LogP contribution in [0.2, 0.25) is 0 Å². The number of alkyl halides is 3. The molecule has 0 spiro atoms. The first kappa shape index (κ1) is 19.8. The molecule has 1 amide bonds. The van der Waals surface area contributed by atoms with Crippen molar-refractivity contribution in [2.45, 2.75) is 18.5 Å². The Labute approximate surface area is 157 Å². The Kier molecular flexibility index (Phi) is 4.87. The van der Waals surface area contributed by atoms with Gasteiger partial charge in [-0.3, -0.25) is 0 Å². The Bertz CT molecular complexity index is 1000. The number of rotatable bonds is 4. The van der Waals surface area contributed by atoms with Gasteiger partial charge >= 0.3 is 21.7 Å². The first-order valence-corrected chi connectivity index (χ1v) is 9.18. The normalized spacial score (nSPS) is 14.5. The fourth-order valence-electron chi connectivity index (χ4n) is 2.65. The summed E-state index contributed by atoms with van der Waals surface area (Å²) in [5, 5.41) is 13.3. The van der Waals surface area contributed by atoms with Crippen molar-refractivity contribution in [3.63, 3.8) is 0 Å². The average Bonchev–Trinajstić information content (AvgIpc) is 2.98. The van der Waals surface area contributed by atoms with Crippen LogP contribution >= 0.6 is 0 Å². The second kappa shape index (κ2) is 6.89. The quantitative estimate of drug-likeness (QED) is 0.595. The van der Waals surface area contributed by atoms with Crippen molar-refractivity contribution in [3.8, 4) is 17.3 Å². The number of carbonyl (C=O) groups is 1. The van der Waals surface area contributed by atoms with E-state index in [0.29, 0.717) is 5.75 Å². The van der Waals surface area contributed by atoms with Gasteiger partial charge in [0.05, 0.1) is 30.6 Å². The molecule has 1 aliphatic rings. The minimum absolute atomic E-state index is 0.0442. The largest absolute Gasteiger partial charge is 0.534 e. The summed E-state index contributed by atoms with van der Waals surface area (Å²) in [6.07, 6.45) is -1.21. The number of carboxylic acid groups (broad SMARTS) is 1. The molecule has 3 rings (SSSR count). The maximum atomic E-state index is 12.8. The number of fused-ring (bicyclic) bond motifs is 1. The molecule has 0 aliphatic carbocycles. The summed E-state index contributed by atoms with van der Waals surface area (Å²) in [6, 6.07) is 5.89. The van der Waals surface area contributed by atoms with Gasteiger partial charge in [-0.25, -0.2) is 4.79 Å². The predicted molar refractivity (Wildman–Crippen MR) is 87.9 cm³/mol. The Morgan fingerprint density at radius 1 is 1.25 bits per heavy atom. The molecule has 1 aliphatic heterocycles. The minimum Gasteiger partial charge on any atom is -0.497 e. The van der Waals surface area contributed by atoms with Gasteiger partial charge in [-0.2, -0.15) is 31.4 Å². The van der Waals surface area contributed by atoms with Crippen molar-refractivity contribution in [2.24, 2.45) is 0 Å². The monoisotopic (exact) mass is 421 g/mol. The lowest BCUT2D eigenvalue weighted by Crippen LogP contribution is -2.35. The third-order valence-electron chi connectivity index (χ3n) is 4.05. The van der Waals surface area contributed by atoms with Crippen LogP contribution in [0.15, 0.2) is 24.3 Å². The maximum Gasteiger partial charge on any atom is 0.534 e. The van der Waals surface area contributed by atoms with E-state index in [-0.39, 0.29) is 36.5 Å². The van der Waals surface area contributed by atoms with Gasteiger partial charge < -0.3 is 18.9 Å². The van der Waals surface area contributed by atoms with Gasteiger partial charge in [0, 0.05) is 13.0 Å². The molecule has 0 bridgehead atoms. The fraction of sp³-hybridized carbons (Fsp3) is 0.333. The van der Waals surface area contributed by atoms with E-state index < -0.39 is 27.6 Å². The molecule has 2 heterocycles. The van der Waals surface area contributed by atoms with E-state index in [2.05, 4.69) is 9.28 Å². The highest BCUT2D eigenvalue weighted by molar-refractivity contribution is 7.87. The molecule has 1 N–H and O–H groups in total. The van der Waals surface area contributed by atoms with Crippen molar-refractivity contribution in [1.29, 1.82) is 0 Å². The summed E-state index contributed by atoms with van der Waals surface area (Å²) in [5.41, 5.74) is -5.24. The standard InChI is InChI=1S/C15H14F3N3O6S/c1-26-10-4-2-9(3-5-10)21-13(27-28(24,25)15(16,17)18)11-8-20(14(22)23)7-6-12(11)19-21/h2-5H,6-8H2,1H3,(H,22,23). The van der Waals surface area contributed by atoms with Crippen molar-refractivity contribution < 1.29 is 40.4 Å². The summed E-state index contributed by atoms with van der Waals surface area (Å²) in [7, 11) is -4.56. The summed E-state index contributed by atoms with van der Waals surface area (Å²) in [6.45, 7) is -0.295. The molecule has 0 atom stereocenters. The number of ether oxygens (including phenoxy) is 1. The average molecular weight is 421 g/mol. The zero-order valence-electron chi connectivity index (χ0n) is 14.3. The van der Waals surface area contributed by atoms with Gasteiger partial charge in [-0.15, -0.1) is 0 Å². The van der Waals surface area contributed by atoms with Crippen molar-refractivity contribution >= 4 is 16.2 Å². The van der Waals surface area contributed by atoms with Crippen LogP contribution in [-0.2, 0) is 23.1 Å². The molecule has 0 saturated heterocycles. The van der Waals surface area contributed by atoms with Crippen LogP contribution < -0.4 is 8.92 Å². The van der Waals surface area contributed by atoms with E-state index in [1.54, 1.807) is 0 Å². The van der Waals surface area contributed by atoms with E-state index in [9.17, 15) is 26.4 Å². The highest BCUT2D eigenvalue weighted by Crippen LogP contribution is 2.35. The van der Waals surface area contributed by atoms with Gasteiger partial charge in [0.1, 0.15) is 5.75 Å². The minimum atomic E-state index is -5.99. The number of methoxy groups -OCH3 is 1. The summed E-state index contributed by atoms with van der Waals surface area (Å²) in [5.74, 6) is -0.244. The molecule has 1 aromatic carbocycles. The number of nitrogens with zero attached hydrogens (tertiary/aromatic N) is 3. The van der Waals surface area contributed by atoms with Crippen LogP contribution in [0.4, 0.5) is 18.0 Å². The van der Waals surface area contributed by atoms with Crippen LogP contribution in [-0.4, -0.2) is 53.5 Å². The number of aromatic nitrogens is 2. The second-order valence-corrected chi connectivity index (χ2v) is 7.32. The van der Waals surface area contributed by atoms with E-state index in [1.165, 1.54) is 31.4 Å². The number of hydrogen-bond donors (Lipinski definition) is 1. The summed E-state index contributed by atoms with van der Waals surface area (Å²) < 4.78 is 71.9. The van der Waals surface area contributed by atoms with Gasteiger partial charge in [-0.05, 0) is 24.3 Å². The third kappa shape index (κ3) is 3.56. The zero-order valence-corrected chi connectivity index (χ0v) is 15.1. The Hall–Kier alpha value is -2.96. The van der Waals surface area contributed by atoms with Crippen molar-refractivity contribution in [3.05, 3.63) is 35.5 Å². The summed E-state index contributed by atoms with van der Waals surface area (Å²) in [4.78, 5) is 12.1. The van der Waals surface area contributed by atoms with E-state index in [4.69, 9.17) is 9.84 Å². The Morgan fingerprint density at radius 2 is 1.89 bits per heavy atom. The van der Waals surface area contributed by atoms with Gasteiger partial charge in [0.15, 0.2) is 0 Å². The molecule has 0 saturated carbocycles. The molecule has 13 heteroatoms. The predicted octanol–water partition coefficient (Wildman–Crippen LogP) is 2.15. The number of amides is 1. The molecule has 1 aromatic heterocycles. The molecule has 2 aromatic rings. The Balaban J connectivity index is 2.13. The molecular formula is C15H14F3N3O6S. The van der Waals surface area contributed by atoms with Crippen LogP contribution in [0.5, 0.6) is 11.6 Å².